The Morgan fingerprint density at radius 3 is 2.25 bits per heavy atom. The summed E-state index contributed by atoms with van der Waals surface area (Å²) in [6.45, 7) is 4.66. The Labute approximate surface area is 185 Å². The van der Waals surface area contributed by atoms with Crippen molar-refractivity contribution in [2.24, 2.45) is 7.05 Å². The van der Waals surface area contributed by atoms with Gasteiger partial charge in [-0.05, 0) is 20.8 Å². The number of amides is 2. The normalized spacial score (nSPS) is 11.6. The molecule has 0 saturated heterocycles. The third-order valence-electron chi connectivity index (χ3n) is 4.81. The molecule has 0 aliphatic rings. The van der Waals surface area contributed by atoms with E-state index in [-0.39, 0.29) is 17.1 Å². The predicted molar refractivity (Wildman–Crippen MR) is 109 cm³/mol. The second-order valence-electron chi connectivity index (χ2n) is 6.90. The van der Waals surface area contributed by atoms with Crippen LogP contribution in [0.15, 0.2) is 12.4 Å². The van der Waals surface area contributed by atoms with Crippen LogP contribution in [0.2, 0.25) is 5.02 Å². The van der Waals surface area contributed by atoms with Crippen molar-refractivity contribution in [1.29, 1.82) is 0 Å². The van der Waals surface area contributed by atoms with Gasteiger partial charge in [-0.25, -0.2) is 0 Å². The van der Waals surface area contributed by atoms with Crippen LogP contribution in [0.4, 0.5) is 24.5 Å². The summed E-state index contributed by atoms with van der Waals surface area (Å²) in [6, 6.07) is 0. The van der Waals surface area contributed by atoms with E-state index in [4.69, 9.17) is 11.6 Å². The van der Waals surface area contributed by atoms with Gasteiger partial charge in [-0.15, -0.1) is 0 Å². The molecule has 0 aliphatic carbocycles. The summed E-state index contributed by atoms with van der Waals surface area (Å²) in [5, 5.41) is 16.2. The zero-order chi connectivity index (χ0) is 23.8. The van der Waals surface area contributed by atoms with E-state index < -0.39 is 35.3 Å². The zero-order valence-corrected chi connectivity index (χ0v) is 18.3. The Morgan fingerprint density at radius 2 is 1.72 bits per heavy atom. The molecule has 0 spiro atoms. The van der Waals surface area contributed by atoms with Crippen LogP contribution in [-0.4, -0.2) is 41.2 Å². The molecule has 0 fully saturated rings. The minimum atomic E-state index is -4.75. The summed E-state index contributed by atoms with van der Waals surface area (Å²) < 4.78 is 42.8. The van der Waals surface area contributed by atoms with Crippen molar-refractivity contribution in [1.82, 2.24) is 29.3 Å². The van der Waals surface area contributed by atoms with Gasteiger partial charge in [-0.3, -0.25) is 23.6 Å². The highest BCUT2D eigenvalue weighted by molar-refractivity contribution is 6.32. The van der Waals surface area contributed by atoms with Gasteiger partial charge >= 0.3 is 6.18 Å². The average molecular weight is 473 g/mol. The summed E-state index contributed by atoms with van der Waals surface area (Å²) in [5.74, 6) is -1.24. The SMILES string of the molecule is CCn1ncc(NC(=O)Cn2nc(C(F)(F)F)c(Cl)c2C)c1C(=O)Nc1cnn(C)c1C. The van der Waals surface area contributed by atoms with Gasteiger partial charge in [0.05, 0.1) is 40.2 Å². The van der Waals surface area contributed by atoms with Crippen LogP contribution < -0.4 is 10.6 Å². The molecule has 0 saturated carbocycles. The molecule has 0 aromatic carbocycles. The lowest BCUT2D eigenvalue weighted by atomic mass is 10.3. The lowest BCUT2D eigenvalue weighted by Crippen LogP contribution is -2.24. The fourth-order valence-corrected chi connectivity index (χ4v) is 3.19. The van der Waals surface area contributed by atoms with Crippen LogP contribution in [-0.2, 0) is 31.1 Å². The number of rotatable bonds is 6. The number of anilines is 2. The van der Waals surface area contributed by atoms with E-state index >= 15 is 0 Å². The average Bonchev–Trinajstić information content (AvgIpc) is 3.35. The number of carbonyl (C=O) groups excluding carboxylic acids is 2. The highest BCUT2D eigenvalue weighted by Gasteiger charge is 2.38. The van der Waals surface area contributed by atoms with Crippen molar-refractivity contribution in [2.45, 2.75) is 40.0 Å². The lowest BCUT2D eigenvalue weighted by molar-refractivity contribution is -0.141. The molecule has 14 heteroatoms. The van der Waals surface area contributed by atoms with E-state index in [9.17, 15) is 22.8 Å². The van der Waals surface area contributed by atoms with Gasteiger partial charge in [-0.2, -0.15) is 28.5 Å². The largest absolute Gasteiger partial charge is 0.436 e. The smallest absolute Gasteiger partial charge is 0.321 e. The standard InChI is InChI=1S/C18H20ClF3N8O2/c1-5-29-15(17(32)26-11-6-23-28(4)9(11)2)12(7-24-29)25-13(31)8-30-10(3)14(19)16(27-30)18(20,21)22/h6-7H,5,8H2,1-4H3,(H,25,31)(H,26,32). The molecule has 32 heavy (non-hydrogen) atoms. The number of nitrogens with one attached hydrogen (secondary N) is 2. The number of halogens is 4. The quantitative estimate of drug-likeness (QED) is 0.573. The van der Waals surface area contributed by atoms with E-state index in [1.165, 1.54) is 24.0 Å². The Balaban J connectivity index is 1.81. The maximum absolute atomic E-state index is 13.0. The van der Waals surface area contributed by atoms with E-state index in [0.717, 1.165) is 10.4 Å². The van der Waals surface area contributed by atoms with Crippen LogP contribution in [0.3, 0.4) is 0 Å². The number of aryl methyl sites for hydroxylation is 2. The molecule has 0 bridgehead atoms. The second kappa shape index (κ2) is 8.65. The van der Waals surface area contributed by atoms with Crippen LogP contribution in [0, 0.1) is 13.8 Å². The third kappa shape index (κ3) is 4.47. The molecular formula is C18H20ClF3N8O2. The Kier molecular flexibility index (Phi) is 6.30. The molecule has 172 valence electrons. The highest BCUT2D eigenvalue weighted by Crippen LogP contribution is 2.35. The third-order valence-corrected chi connectivity index (χ3v) is 5.26. The Hall–Kier alpha value is -3.35. The summed E-state index contributed by atoms with van der Waals surface area (Å²) in [5.41, 5.74) is 0.106. The molecule has 3 aromatic rings. The molecule has 0 radical (unpaired) electrons. The first kappa shape index (κ1) is 23.3. The topological polar surface area (TPSA) is 112 Å². The van der Waals surface area contributed by atoms with Crippen molar-refractivity contribution in [3.8, 4) is 0 Å². The van der Waals surface area contributed by atoms with Gasteiger partial charge in [-0.1, -0.05) is 11.6 Å². The second-order valence-corrected chi connectivity index (χ2v) is 7.27. The van der Waals surface area contributed by atoms with Crippen LogP contribution in [0.5, 0.6) is 0 Å². The van der Waals surface area contributed by atoms with E-state index in [0.29, 0.717) is 12.2 Å². The van der Waals surface area contributed by atoms with Gasteiger partial charge in [0.15, 0.2) is 5.69 Å². The monoisotopic (exact) mass is 472 g/mol. The van der Waals surface area contributed by atoms with Crippen LogP contribution in [0.1, 0.15) is 34.5 Å². The summed E-state index contributed by atoms with van der Waals surface area (Å²) >= 11 is 5.71. The first-order valence-corrected chi connectivity index (χ1v) is 9.77. The molecule has 0 aliphatic heterocycles. The minimum Gasteiger partial charge on any atom is -0.321 e. The van der Waals surface area contributed by atoms with E-state index in [1.54, 1.807) is 25.6 Å². The molecule has 3 heterocycles. The maximum atomic E-state index is 13.0. The van der Waals surface area contributed by atoms with Crippen molar-refractivity contribution in [3.63, 3.8) is 0 Å². The molecule has 2 N–H and O–H groups in total. The van der Waals surface area contributed by atoms with Crippen molar-refractivity contribution < 1.29 is 22.8 Å². The first-order valence-electron chi connectivity index (χ1n) is 9.39. The summed E-state index contributed by atoms with van der Waals surface area (Å²) in [7, 11) is 1.72. The summed E-state index contributed by atoms with van der Waals surface area (Å²) in [4.78, 5) is 25.4. The number of hydrogen-bond acceptors (Lipinski definition) is 5. The molecule has 3 rings (SSSR count). The van der Waals surface area contributed by atoms with Gasteiger partial charge < -0.3 is 10.6 Å². The number of carbonyl (C=O) groups is 2. The first-order chi connectivity index (χ1) is 14.9. The van der Waals surface area contributed by atoms with Gasteiger partial charge in [0.1, 0.15) is 12.2 Å². The molecular weight excluding hydrogens is 453 g/mol. The Bertz CT molecular complexity index is 1180. The minimum absolute atomic E-state index is 0.0107. The zero-order valence-electron chi connectivity index (χ0n) is 17.6. The van der Waals surface area contributed by atoms with E-state index in [1.807, 2.05) is 0 Å². The van der Waals surface area contributed by atoms with Crippen LogP contribution in [0.25, 0.3) is 0 Å². The molecule has 0 unspecified atom stereocenters. The molecule has 3 aromatic heterocycles. The summed E-state index contributed by atoms with van der Waals surface area (Å²) in [6.07, 6.45) is -1.97. The highest BCUT2D eigenvalue weighted by atomic mass is 35.5. The van der Waals surface area contributed by atoms with Gasteiger partial charge in [0.25, 0.3) is 5.91 Å². The number of hydrogen-bond donors (Lipinski definition) is 2. The van der Waals surface area contributed by atoms with Crippen LogP contribution >= 0.6 is 11.6 Å². The molecule has 0 atom stereocenters. The number of aromatic nitrogens is 6. The number of alkyl halides is 3. The predicted octanol–water partition coefficient (Wildman–Crippen LogP) is 3.01. The number of nitrogens with zero attached hydrogens (tertiary/aromatic N) is 6. The fraction of sp³-hybridized carbons (Fsp3) is 0.389. The molecule has 10 nitrogen and oxygen atoms in total. The fourth-order valence-electron chi connectivity index (χ4n) is 2.94. The van der Waals surface area contributed by atoms with Crippen molar-refractivity contribution in [3.05, 3.63) is 40.2 Å². The van der Waals surface area contributed by atoms with E-state index in [2.05, 4.69) is 25.9 Å². The van der Waals surface area contributed by atoms with Crippen molar-refractivity contribution >= 4 is 34.8 Å². The van der Waals surface area contributed by atoms with Gasteiger partial charge in [0, 0.05) is 13.6 Å². The maximum Gasteiger partial charge on any atom is 0.436 e. The van der Waals surface area contributed by atoms with Gasteiger partial charge in [0.2, 0.25) is 5.91 Å². The molecule has 2 amide bonds. The lowest BCUT2D eigenvalue weighted by Gasteiger charge is -2.10. The van der Waals surface area contributed by atoms with Crippen molar-refractivity contribution in [2.75, 3.05) is 10.6 Å². The Morgan fingerprint density at radius 1 is 1.06 bits per heavy atom.